The molecular formula is C10H12ClNO4S2. The van der Waals surface area contributed by atoms with E-state index >= 15 is 0 Å². The van der Waals surface area contributed by atoms with Crippen molar-refractivity contribution in [3.8, 4) is 0 Å². The zero-order chi connectivity index (χ0) is 13.6. The normalized spacial score (nSPS) is 23.1. The molecule has 1 saturated heterocycles. The molecule has 1 aliphatic rings. The Balaban J connectivity index is 2.44. The van der Waals surface area contributed by atoms with Crippen molar-refractivity contribution in [3.63, 3.8) is 0 Å². The molecule has 0 aromatic heterocycles. The second kappa shape index (κ2) is 4.40. The second-order valence-corrected chi connectivity index (χ2v) is 9.09. The average molecular weight is 310 g/mol. The zero-order valence-electron chi connectivity index (χ0n) is 9.34. The topological polar surface area (TPSA) is 94.3 Å². The van der Waals surface area contributed by atoms with E-state index in [9.17, 15) is 16.8 Å². The molecule has 1 aromatic rings. The molecule has 0 aliphatic carbocycles. The van der Waals surface area contributed by atoms with Crippen molar-refractivity contribution >= 4 is 37.0 Å². The number of benzene rings is 1. The molecule has 1 atom stereocenters. The van der Waals surface area contributed by atoms with Gasteiger partial charge in [-0.15, -0.1) is 0 Å². The van der Waals surface area contributed by atoms with Gasteiger partial charge in [-0.3, -0.25) is 0 Å². The standard InChI is InChI=1S/C10H12ClNO4S2/c11-9-5-7(12)1-2-10(9)18(15,16)8-3-4-17(13,14)6-8/h1-2,5,8H,3-4,6,12H2. The van der Waals surface area contributed by atoms with E-state index < -0.39 is 24.9 Å². The van der Waals surface area contributed by atoms with Crippen LogP contribution in [0.2, 0.25) is 5.02 Å². The molecule has 5 nitrogen and oxygen atoms in total. The van der Waals surface area contributed by atoms with Crippen molar-refractivity contribution in [2.24, 2.45) is 0 Å². The summed E-state index contributed by atoms with van der Waals surface area (Å²) in [5.74, 6) is -0.431. The molecule has 2 rings (SSSR count). The van der Waals surface area contributed by atoms with Gasteiger partial charge in [0.05, 0.1) is 26.7 Å². The van der Waals surface area contributed by atoms with Crippen molar-refractivity contribution < 1.29 is 16.8 Å². The smallest absolute Gasteiger partial charge is 0.183 e. The largest absolute Gasteiger partial charge is 0.399 e. The first kappa shape index (κ1) is 13.6. The summed E-state index contributed by atoms with van der Waals surface area (Å²) in [6.07, 6.45) is 0.116. The van der Waals surface area contributed by atoms with Gasteiger partial charge in [0.1, 0.15) is 0 Å². The molecule has 1 heterocycles. The van der Waals surface area contributed by atoms with Gasteiger partial charge in [0.2, 0.25) is 0 Å². The number of hydrogen-bond acceptors (Lipinski definition) is 5. The summed E-state index contributed by atoms with van der Waals surface area (Å²) in [5, 5.41) is -0.886. The molecule has 2 N–H and O–H groups in total. The first-order valence-corrected chi connectivity index (χ1v) is 8.96. The Hall–Kier alpha value is -0.790. The number of rotatable bonds is 2. The maximum absolute atomic E-state index is 12.3. The predicted octanol–water partition coefficient (Wildman–Crippen LogP) is 0.883. The van der Waals surface area contributed by atoms with E-state index in [0.29, 0.717) is 5.69 Å². The summed E-state index contributed by atoms with van der Waals surface area (Å²) < 4.78 is 47.2. The van der Waals surface area contributed by atoms with Crippen LogP contribution in [0.5, 0.6) is 0 Å². The van der Waals surface area contributed by atoms with Crippen LogP contribution < -0.4 is 5.73 Å². The summed E-state index contributed by atoms with van der Waals surface area (Å²) in [5.41, 5.74) is 5.85. The van der Waals surface area contributed by atoms with E-state index in [2.05, 4.69) is 0 Å². The van der Waals surface area contributed by atoms with E-state index in [-0.39, 0.29) is 27.8 Å². The third-order valence-corrected chi connectivity index (χ3v) is 7.54. The minimum absolute atomic E-state index is 0.0271. The van der Waals surface area contributed by atoms with Crippen LogP contribution in [-0.4, -0.2) is 33.6 Å². The van der Waals surface area contributed by atoms with Crippen LogP contribution in [0, 0.1) is 0 Å². The second-order valence-electron chi connectivity index (χ2n) is 4.26. The first-order valence-electron chi connectivity index (χ1n) is 5.22. The Kier molecular flexibility index (Phi) is 3.33. The van der Waals surface area contributed by atoms with Crippen LogP contribution in [0.3, 0.4) is 0 Å². The quantitative estimate of drug-likeness (QED) is 0.818. The lowest BCUT2D eigenvalue weighted by molar-refractivity contribution is 0.582. The van der Waals surface area contributed by atoms with Gasteiger partial charge in [0.25, 0.3) is 0 Å². The van der Waals surface area contributed by atoms with E-state index in [1.165, 1.54) is 18.2 Å². The van der Waals surface area contributed by atoms with E-state index in [0.717, 1.165) is 0 Å². The number of nitrogen functional groups attached to an aromatic ring is 1. The number of halogens is 1. The molecule has 0 bridgehead atoms. The van der Waals surface area contributed by atoms with Gasteiger partial charge >= 0.3 is 0 Å². The van der Waals surface area contributed by atoms with Crippen LogP contribution in [0.4, 0.5) is 5.69 Å². The van der Waals surface area contributed by atoms with Crippen LogP contribution in [0.25, 0.3) is 0 Å². The predicted molar refractivity (Wildman–Crippen MR) is 70.1 cm³/mol. The number of hydrogen-bond donors (Lipinski definition) is 1. The fraction of sp³-hybridized carbons (Fsp3) is 0.400. The molecule has 0 saturated carbocycles. The molecule has 8 heteroatoms. The number of sulfone groups is 2. The maximum Gasteiger partial charge on any atom is 0.183 e. The summed E-state index contributed by atoms with van der Waals surface area (Å²) >= 11 is 5.85. The SMILES string of the molecule is Nc1ccc(S(=O)(=O)C2CCS(=O)(=O)C2)c(Cl)c1. The van der Waals surface area contributed by atoms with Gasteiger partial charge in [-0.05, 0) is 24.6 Å². The van der Waals surface area contributed by atoms with Crippen molar-refractivity contribution in [3.05, 3.63) is 23.2 Å². The van der Waals surface area contributed by atoms with Gasteiger partial charge in [0.15, 0.2) is 19.7 Å². The third kappa shape index (κ3) is 2.48. The fourth-order valence-electron chi connectivity index (χ4n) is 1.93. The van der Waals surface area contributed by atoms with Gasteiger partial charge in [0, 0.05) is 5.69 Å². The van der Waals surface area contributed by atoms with Gasteiger partial charge in [-0.25, -0.2) is 16.8 Å². The highest BCUT2D eigenvalue weighted by molar-refractivity contribution is 7.96. The Morgan fingerprint density at radius 3 is 2.50 bits per heavy atom. The van der Waals surface area contributed by atoms with Crippen LogP contribution >= 0.6 is 11.6 Å². The highest BCUT2D eigenvalue weighted by atomic mass is 35.5. The monoisotopic (exact) mass is 309 g/mol. The Morgan fingerprint density at radius 1 is 1.33 bits per heavy atom. The van der Waals surface area contributed by atoms with Gasteiger partial charge in [-0.1, -0.05) is 11.6 Å². The molecule has 0 spiro atoms. The van der Waals surface area contributed by atoms with Crippen LogP contribution in [0.1, 0.15) is 6.42 Å². The lowest BCUT2D eigenvalue weighted by Gasteiger charge is -2.11. The summed E-state index contributed by atoms with van der Waals surface area (Å²) in [6, 6.07) is 4.10. The van der Waals surface area contributed by atoms with Crippen molar-refractivity contribution in [2.75, 3.05) is 17.2 Å². The molecule has 1 aliphatic heterocycles. The molecule has 0 amide bonds. The highest BCUT2D eigenvalue weighted by Gasteiger charge is 2.38. The van der Waals surface area contributed by atoms with Crippen LogP contribution in [-0.2, 0) is 19.7 Å². The van der Waals surface area contributed by atoms with E-state index in [1.54, 1.807) is 0 Å². The zero-order valence-corrected chi connectivity index (χ0v) is 11.7. The summed E-state index contributed by atoms with van der Waals surface area (Å²) in [6.45, 7) is 0. The summed E-state index contributed by atoms with van der Waals surface area (Å²) in [4.78, 5) is -0.0551. The molecule has 1 aromatic carbocycles. The maximum atomic E-state index is 12.3. The molecule has 0 radical (unpaired) electrons. The first-order chi connectivity index (χ1) is 8.22. The fourth-order valence-corrected chi connectivity index (χ4v) is 6.85. The molecule has 1 fully saturated rings. The summed E-state index contributed by atoms with van der Waals surface area (Å²) in [7, 11) is -6.98. The Labute approximate surface area is 111 Å². The lowest BCUT2D eigenvalue weighted by Crippen LogP contribution is -2.23. The highest BCUT2D eigenvalue weighted by Crippen LogP contribution is 2.30. The molecule has 1 unspecified atom stereocenters. The molecule has 18 heavy (non-hydrogen) atoms. The lowest BCUT2D eigenvalue weighted by atomic mass is 10.3. The van der Waals surface area contributed by atoms with Gasteiger partial charge in [-0.2, -0.15) is 0 Å². The van der Waals surface area contributed by atoms with Gasteiger partial charge < -0.3 is 5.73 Å². The van der Waals surface area contributed by atoms with Crippen molar-refractivity contribution in [2.45, 2.75) is 16.6 Å². The minimum atomic E-state index is -3.72. The molecule has 100 valence electrons. The number of anilines is 1. The number of nitrogens with two attached hydrogens (primary N) is 1. The average Bonchev–Trinajstić information content (AvgIpc) is 2.58. The van der Waals surface area contributed by atoms with Crippen molar-refractivity contribution in [1.82, 2.24) is 0 Å². The van der Waals surface area contributed by atoms with Crippen molar-refractivity contribution in [1.29, 1.82) is 0 Å². The third-order valence-electron chi connectivity index (χ3n) is 2.89. The minimum Gasteiger partial charge on any atom is -0.399 e. The molecular weight excluding hydrogens is 298 g/mol. The van der Waals surface area contributed by atoms with E-state index in [1.807, 2.05) is 0 Å². The Bertz CT molecular complexity index is 682. The van der Waals surface area contributed by atoms with E-state index in [4.69, 9.17) is 17.3 Å². The Morgan fingerprint density at radius 2 is 2.00 bits per heavy atom. The van der Waals surface area contributed by atoms with Crippen LogP contribution in [0.15, 0.2) is 23.1 Å².